The summed E-state index contributed by atoms with van der Waals surface area (Å²) in [6.07, 6.45) is 3.75. The van der Waals surface area contributed by atoms with Crippen LogP contribution in [0.4, 0.5) is 5.69 Å². The lowest BCUT2D eigenvalue weighted by Crippen LogP contribution is -2.20. The fraction of sp³-hybridized carbons (Fsp3) is 0.263. The molecule has 0 bridgehead atoms. The molecule has 0 amide bonds. The van der Waals surface area contributed by atoms with Crippen molar-refractivity contribution < 1.29 is 13.6 Å². The van der Waals surface area contributed by atoms with Gasteiger partial charge in [-0.2, -0.15) is 0 Å². The van der Waals surface area contributed by atoms with Crippen molar-refractivity contribution in [1.29, 1.82) is 0 Å². The SMILES string of the molecule is CCOP(=O)(OCC)C(/C=C/c1ccccc1)Nc1ccc(Br)cc1. The number of rotatable bonds is 9. The summed E-state index contributed by atoms with van der Waals surface area (Å²) in [6, 6.07) is 17.5. The van der Waals surface area contributed by atoms with Crippen LogP contribution in [0.3, 0.4) is 0 Å². The molecule has 0 aromatic heterocycles. The number of hydrogen-bond donors (Lipinski definition) is 1. The Labute approximate surface area is 157 Å². The fourth-order valence-electron chi connectivity index (χ4n) is 2.27. The Morgan fingerprint density at radius 1 is 1.04 bits per heavy atom. The molecular formula is C19H23BrNO3P. The van der Waals surface area contributed by atoms with Crippen LogP contribution in [0.25, 0.3) is 6.08 Å². The van der Waals surface area contributed by atoms with Crippen LogP contribution >= 0.6 is 23.5 Å². The van der Waals surface area contributed by atoms with E-state index in [0.717, 1.165) is 15.7 Å². The lowest BCUT2D eigenvalue weighted by atomic mass is 10.2. The second-order valence-electron chi connectivity index (χ2n) is 5.24. The third kappa shape index (κ3) is 6.12. The minimum atomic E-state index is -3.35. The van der Waals surface area contributed by atoms with Gasteiger partial charge in [-0.25, -0.2) is 0 Å². The molecule has 0 aliphatic heterocycles. The van der Waals surface area contributed by atoms with Crippen LogP contribution in [0.15, 0.2) is 65.1 Å². The summed E-state index contributed by atoms with van der Waals surface area (Å²) in [6.45, 7) is 4.25. The molecule has 0 radical (unpaired) electrons. The highest BCUT2D eigenvalue weighted by Crippen LogP contribution is 2.53. The lowest BCUT2D eigenvalue weighted by molar-refractivity contribution is 0.217. The first kappa shape index (κ1) is 19.9. The van der Waals surface area contributed by atoms with Crippen molar-refractivity contribution in [3.05, 3.63) is 70.7 Å². The molecule has 25 heavy (non-hydrogen) atoms. The highest BCUT2D eigenvalue weighted by molar-refractivity contribution is 9.10. The first-order valence-corrected chi connectivity index (χ1v) is 10.6. The molecule has 0 aliphatic rings. The largest absolute Gasteiger partial charge is 0.368 e. The second kappa shape index (κ2) is 9.93. The maximum Gasteiger partial charge on any atom is 0.356 e. The van der Waals surface area contributed by atoms with Crippen LogP contribution in [-0.2, 0) is 13.6 Å². The molecule has 1 atom stereocenters. The van der Waals surface area contributed by atoms with E-state index < -0.39 is 13.4 Å². The highest BCUT2D eigenvalue weighted by Gasteiger charge is 2.33. The molecule has 2 aromatic carbocycles. The Bertz CT molecular complexity index is 709. The van der Waals surface area contributed by atoms with Gasteiger partial charge in [0.2, 0.25) is 0 Å². The Kier molecular flexibility index (Phi) is 7.91. The van der Waals surface area contributed by atoms with Gasteiger partial charge in [0.15, 0.2) is 0 Å². The number of nitrogens with one attached hydrogen (secondary N) is 1. The average Bonchev–Trinajstić information content (AvgIpc) is 2.61. The van der Waals surface area contributed by atoms with E-state index in [9.17, 15) is 4.57 Å². The van der Waals surface area contributed by atoms with E-state index >= 15 is 0 Å². The predicted molar refractivity (Wildman–Crippen MR) is 108 cm³/mol. The Morgan fingerprint density at radius 3 is 2.20 bits per heavy atom. The molecule has 4 nitrogen and oxygen atoms in total. The van der Waals surface area contributed by atoms with Crippen LogP contribution in [0, 0.1) is 0 Å². The van der Waals surface area contributed by atoms with Gasteiger partial charge in [-0.15, -0.1) is 0 Å². The van der Waals surface area contributed by atoms with Crippen molar-refractivity contribution >= 4 is 35.3 Å². The number of halogens is 1. The van der Waals surface area contributed by atoms with Gasteiger partial charge in [0.1, 0.15) is 5.78 Å². The monoisotopic (exact) mass is 423 g/mol. The first-order valence-electron chi connectivity index (χ1n) is 8.21. The number of benzene rings is 2. The van der Waals surface area contributed by atoms with Gasteiger partial charge in [-0.3, -0.25) is 4.57 Å². The van der Waals surface area contributed by atoms with Gasteiger partial charge in [0, 0.05) is 10.2 Å². The van der Waals surface area contributed by atoms with Crippen LogP contribution in [0.5, 0.6) is 0 Å². The van der Waals surface area contributed by atoms with E-state index in [4.69, 9.17) is 9.05 Å². The topological polar surface area (TPSA) is 47.6 Å². The average molecular weight is 424 g/mol. The molecule has 134 valence electrons. The van der Waals surface area contributed by atoms with Crippen molar-refractivity contribution in [2.75, 3.05) is 18.5 Å². The maximum atomic E-state index is 13.2. The van der Waals surface area contributed by atoms with Crippen molar-refractivity contribution in [1.82, 2.24) is 0 Å². The Hall–Kier alpha value is -1.39. The van der Waals surface area contributed by atoms with Crippen LogP contribution in [0.2, 0.25) is 0 Å². The highest BCUT2D eigenvalue weighted by atomic mass is 79.9. The van der Waals surface area contributed by atoms with E-state index in [1.54, 1.807) is 0 Å². The van der Waals surface area contributed by atoms with E-state index in [0.29, 0.717) is 13.2 Å². The minimum absolute atomic E-state index is 0.314. The molecule has 0 spiro atoms. The molecule has 2 aromatic rings. The Morgan fingerprint density at radius 2 is 1.64 bits per heavy atom. The summed E-state index contributed by atoms with van der Waals surface area (Å²) < 4.78 is 25.3. The molecular weight excluding hydrogens is 401 g/mol. The standard InChI is InChI=1S/C19H23BrNO3P/c1-3-23-25(22,24-4-2)19(15-10-16-8-6-5-7-9-16)21-18-13-11-17(20)12-14-18/h5-15,19,21H,3-4H2,1-2H3/b15-10+. The molecule has 2 rings (SSSR count). The lowest BCUT2D eigenvalue weighted by Gasteiger charge is -2.25. The zero-order chi connectivity index (χ0) is 18.1. The zero-order valence-corrected chi connectivity index (χ0v) is 16.9. The van der Waals surface area contributed by atoms with Crippen LogP contribution < -0.4 is 5.32 Å². The van der Waals surface area contributed by atoms with Crippen molar-refractivity contribution in [3.63, 3.8) is 0 Å². The summed E-state index contributed by atoms with van der Waals surface area (Å²) in [5, 5.41) is 3.27. The van der Waals surface area contributed by atoms with Gasteiger partial charge in [-0.1, -0.05) is 52.3 Å². The fourth-order valence-corrected chi connectivity index (χ4v) is 4.26. The number of hydrogen-bond acceptors (Lipinski definition) is 4. The van der Waals surface area contributed by atoms with Crippen molar-refractivity contribution in [3.8, 4) is 0 Å². The molecule has 0 fully saturated rings. The molecule has 0 heterocycles. The summed E-state index contributed by atoms with van der Waals surface area (Å²) in [4.78, 5) is 0. The van der Waals surface area contributed by atoms with Crippen molar-refractivity contribution in [2.45, 2.75) is 19.6 Å². The maximum absolute atomic E-state index is 13.2. The first-order chi connectivity index (χ1) is 12.1. The summed E-state index contributed by atoms with van der Waals surface area (Å²) in [5.41, 5.74) is 1.86. The third-order valence-corrected chi connectivity index (χ3v) is 6.14. The third-order valence-electron chi connectivity index (χ3n) is 3.39. The summed E-state index contributed by atoms with van der Waals surface area (Å²) >= 11 is 3.42. The summed E-state index contributed by atoms with van der Waals surface area (Å²) in [7, 11) is -3.35. The molecule has 0 saturated heterocycles. The van der Waals surface area contributed by atoms with E-state index in [1.165, 1.54) is 0 Å². The molecule has 6 heteroatoms. The van der Waals surface area contributed by atoms with Gasteiger partial charge in [0.25, 0.3) is 0 Å². The van der Waals surface area contributed by atoms with Gasteiger partial charge in [-0.05, 0) is 49.8 Å². The van der Waals surface area contributed by atoms with Crippen molar-refractivity contribution in [2.24, 2.45) is 0 Å². The molecule has 1 unspecified atom stereocenters. The van der Waals surface area contributed by atoms with E-state index in [1.807, 2.05) is 80.6 Å². The van der Waals surface area contributed by atoms with E-state index in [2.05, 4.69) is 21.2 Å². The molecule has 1 N–H and O–H groups in total. The Balaban J connectivity index is 2.30. The predicted octanol–water partition coefficient (Wildman–Crippen LogP) is 6.17. The zero-order valence-electron chi connectivity index (χ0n) is 14.4. The second-order valence-corrected chi connectivity index (χ2v) is 8.31. The van der Waals surface area contributed by atoms with Gasteiger partial charge >= 0.3 is 7.60 Å². The van der Waals surface area contributed by atoms with Crippen LogP contribution in [-0.4, -0.2) is 19.0 Å². The molecule has 0 aliphatic carbocycles. The molecule has 0 saturated carbocycles. The number of anilines is 1. The smallest absolute Gasteiger partial charge is 0.356 e. The van der Waals surface area contributed by atoms with Gasteiger partial charge < -0.3 is 14.4 Å². The normalized spacial score (nSPS) is 13.1. The quantitative estimate of drug-likeness (QED) is 0.490. The summed E-state index contributed by atoms with van der Waals surface area (Å²) in [5.74, 6) is -0.589. The van der Waals surface area contributed by atoms with Gasteiger partial charge in [0.05, 0.1) is 13.2 Å². The minimum Gasteiger partial charge on any atom is -0.368 e. The van der Waals surface area contributed by atoms with E-state index in [-0.39, 0.29) is 0 Å². The van der Waals surface area contributed by atoms with Crippen LogP contribution in [0.1, 0.15) is 19.4 Å².